The SMILES string of the molecule is C[C@@H]1CCSCCN1C(=O)NC[C@@H]1Cc2ccccc21. The molecular weight excluding hydrogens is 268 g/mol. The normalized spacial score (nSPS) is 25.4. The highest BCUT2D eigenvalue weighted by molar-refractivity contribution is 7.99. The van der Waals surface area contributed by atoms with Crippen molar-refractivity contribution in [3.63, 3.8) is 0 Å². The second-order valence-corrected chi connectivity index (χ2v) is 6.95. The van der Waals surface area contributed by atoms with Crippen LogP contribution in [-0.2, 0) is 6.42 Å². The molecule has 1 fully saturated rings. The van der Waals surface area contributed by atoms with Crippen molar-refractivity contribution in [2.45, 2.75) is 31.7 Å². The van der Waals surface area contributed by atoms with Gasteiger partial charge in [-0.05, 0) is 36.6 Å². The molecule has 1 aliphatic carbocycles. The van der Waals surface area contributed by atoms with Crippen LogP contribution in [-0.4, -0.2) is 41.6 Å². The van der Waals surface area contributed by atoms with Crippen molar-refractivity contribution in [3.05, 3.63) is 35.4 Å². The summed E-state index contributed by atoms with van der Waals surface area (Å²) >= 11 is 1.95. The second-order valence-electron chi connectivity index (χ2n) is 5.73. The minimum Gasteiger partial charge on any atom is -0.337 e. The summed E-state index contributed by atoms with van der Waals surface area (Å²) in [5, 5.41) is 3.13. The van der Waals surface area contributed by atoms with Crippen molar-refractivity contribution in [1.29, 1.82) is 0 Å². The Bertz CT molecular complexity index is 491. The summed E-state index contributed by atoms with van der Waals surface area (Å²) in [6.45, 7) is 3.80. The van der Waals surface area contributed by atoms with Crippen LogP contribution < -0.4 is 5.32 Å². The third-order valence-electron chi connectivity index (χ3n) is 4.41. The van der Waals surface area contributed by atoms with Gasteiger partial charge in [-0.15, -0.1) is 0 Å². The number of nitrogens with zero attached hydrogens (tertiary/aromatic N) is 1. The highest BCUT2D eigenvalue weighted by Gasteiger charge is 2.27. The Hall–Kier alpha value is -1.16. The monoisotopic (exact) mass is 290 g/mol. The Morgan fingerprint density at radius 2 is 2.25 bits per heavy atom. The van der Waals surface area contributed by atoms with Gasteiger partial charge in [0.2, 0.25) is 0 Å². The Labute approximate surface area is 125 Å². The summed E-state index contributed by atoms with van der Waals surface area (Å²) in [6, 6.07) is 9.01. The summed E-state index contributed by atoms with van der Waals surface area (Å²) in [4.78, 5) is 14.3. The van der Waals surface area contributed by atoms with E-state index in [0.29, 0.717) is 12.0 Å². The number of thioether (sulfide) groups is 1. The lowest BCUT2D eigenvalue weighted by atomic mass is 9.78. The number of hydrogen-bond acceptors (Lipinski definition) is 2. The van der Waals surface area contributed by atoms with Crippen LogP contribution in [0.3, 0.4) is 0 Å². The number of nitrogens with one attached hydrogen (secondary N) is 1. The Morgan fingerprint density at radius 3 is 3.10 bits per heavy atom. The van der Waals surface area contributed by atoms with Crippen LogP contribution in [0.2, 0.25) is 0 Å². The van der Waals surface area contributed by atoms with Crippen molar-refractivity contribution < 1.29 is 4.79 Å². The Balaban J connectivity index is 1.53. The van der Waals surface area contributed by atoms with Crippen LogP contribution >= 0.6 is 11.8 Å². The van der Waals surface area contributed by atoms with E-state index in [1.807, 2.05) is 16.7 Å². The van der Waals surface area contributed by atoms with Gasteiger partial charge in [0, 0.05) is 30.8 Å². The van der Waals surface area contributed by atoms with Crippen molar-refractivity contribution in [2.75, 3.05) is 24.6 Å². The summed E-state index contributed by atoms with van der Waals surface area (Å²) < 4.78 is 0. The van der Waals surface area contributed by atoms with E-state index in [1.54, 1.807) is 0 Å². The molecule has 3 nitrogen and oxygen atoms in total. The maximum Gasteiger partial charge on any atom is 0.317 e. The highest BCUT2D eigenvalue weighted by atomic mass is 32.2. The summed E-state index contributed by atoms with van der Waals surface area (Å²) in [5.74, 6) is 2.73. The molecule has 2 atom stereocenters. The van der Waals surface area contributed by atoms with Crippen LogP contribution in [0, 0.1) is 0 Å². The quantitative estimate of drug-likeness (QED) is 0.908. The molecule has 4 heteroatoms. The largest absolute Gasteiger partial charge is 0.337 e. The molecule has 0 bridgehead atoms. The maximum absolute atomic E-state index is 12.3. The topological polar surface area (TPSA) is 32.3 Å². The summed E-state index contributed by atoms with van der Waals surface area (Å²) in [7, 11) is 0. The number of urea groups is 1. The minimum absolute atomic E-state index is 0.115. The van der Waals surface area contributed by atoms with Gasteiger partial charge in [0.1, 0.15) is 0 Å². The minimum atomic E-state index is 0.115. The second kappa shape index (κ2) is 6.08. The molecule has 0 unspecified atom stereocenters. The maximum atomic E-state index is 12.3. The van der Waals surface area contributed by atoms with Gasteiger partial charge in [-0.2, -0.15) is 11.8 Å². The first-order chi connectivity index (χ1) is 9.75. The zero-order valence-electron chi connectivity index (χ0n) is 12.0. The average molecular weight is 290 g/mol. The van der Waals surface area contributed by atoms with Gasteiger partial charge in [0.15, 0.2) is 0 Å². The number of carbonyl (C=O) groups is 1. The van der Waals surface area contributed by atoms with E-state index in [4.69, 9.17) is 0 Å². The average Bonchev–Trinajstić information content (AvgIpc) is 2.64. The van der Waals surface area contributed by atoms with Crippen LogP contribution in [0.25, 0.3) is 0 Å². The highest BCUT2D eigenvalue weighted by Crippen LogP contribution is 2.34. The third-order valence-corrected chi connectivity index (χ3v) is 5.41. The Kier molecular flexibility index (Phi) is 4.20. The number of carbonyl (C=O) groups excluding carboxylic acids is 1. The predicted molar refractivity (Wildman–Crippen MR) is 84.4 cm³/mol. The molecule has 0 spiro atoms. The molecule has 0 aromatic heterocycles. The fraction of sp³-hybridized carbons (Fsp3) is 0.562. The van der Waals surface area contributed by atoms with E-state index in [2.05, 4.69) is 36.5 Å². The fourth-order valence-corrected chi connectivity index (χ4v) is 4.09. The van der Waals surface area contributed by atoms with Crippen molar-refractivity contribution in [2.24, 2.45) is 0 Å². The standard InChI is InChI=1S/C16H22N2OS/c1-12-6-8-20-9-7-18(12)16(19)17-11-14-10-13-4-2-3-5-15(13)14/h2-5,12,14H,6-11H2,1H3,(H,17,19)/t12-,14+/m1/s1. The Morgan fingerprint density at radius 1 is 1.40 bits per heavy atom. The zero-order chi connectivity index (χ0) is 13.9. The molecular formula is C16H22N2OS. The molecule has 2 aliphatic rings. The van der Waals surface area contributed by atoms with Crippen molar-refractivity contribution in [3.8, 4) is 0 Å². The van der Waals surface area contributed by atoms with E-state index >= 15 is 0 Å². The number of benzene rings is 1. The summed E-state index contributed by atoms with van der Waals surface area (Å²) in [6.07, 6.45) is 2.20. The molecule has 1 heterocycles. The molecule has 1 aliphatic heterocycles. The first-order valence-corrected chi connectivity index (χ1v) is 8.61. The van der Waals surface area contributed by atoms with Gasteiger partial charge in [-0.25, -0.2) is 4.79 Å². The van der Waals surface area contributed by atoms with Gasteiger partial charge < -0.3 is 10.2 Å². The molecule has 0 radical (unpaired) electrons. The lowest BCUT2D eigenvalue weighted by Gasteiger charge is -2.32. The molecule has 1 N–H and O–H groups in total. The number of fused-ring (bicyclic) bond motifs is 1. The van der Waals surface area contributed by atoms with Crippen molar-refractivity contribution >= 4 is 17.8 Å². The van der Waals surface area contributed by atoms with Crippen LogP contribution in [0.15, 0.2) is 24.3 Å². The van der Waals surface area contributed by atoms with E-state index in [9.17, 15) is 4.79 Å². The van der Waals surface area contributed by atoms with E-state index in [1.165, 1.54) is 16.9 Å². The molecule has 3 rings (SSSR count). The lowest BCUT2D eigenvalue weighted by Crippen LogP contribution is -2.47. The molecule has 1 aromatic carbocycles. The van der Waals surface area contributed by atoms with Gasteiger partial charge in [-0.1, -0.05) is 24.3 Å². The van der Waals surface area contributed by atoms with Gasteiger partial charge in [-0.3, -0.25) is 0 Å². The zero-order valence-corrected chi connectivity index (χ0v) is 12.8. The van der Waals surface area contributed by atoms with Gasteiger partial charge in [0.25, 0.3) is 0 Å². The van der Waals surface area contributed by atoms with Gasteiger partial charge in [0.05, 0.1) is 0 Å². The van der Waals surface area contributed by atoms with E-state index in [-0.39, 0.29) is 6.03 Å². The smallest absolute Gasteiger partial charge is 0.317 e. The van der Waals surface area contributed by atoms with Crippen LogP contribution in [0.5, 0.6) is 0 Å². The van der Waals surface area contributed by atoms with Crippen molar-refractivity contribution in [1.82, 2.24) is 10.2 Å². The summed E-state index contributed by atoms with van der Waals surface area (Å²) in [5.41, 5.74) is 2.85. The van der Waals surface area contributed by atoms with E-state index < -0.39 is 0 Å². The number of rotatable bonds is 2. The molecule has 1 aromatic rings. The third kappa shape index (κ3) is 2.80. The fourth-order valence-electron chi connectivity index (χ4n) is 3.05. The number of amides is 2. The number of hydrogen-bond donors (Lipinski definition) is 1. The predicted octanol–water partition coefficient (Wildman–Crippen LogP) is 2.86. The molecule has 20 heavy (non-hydrogen) atoms. The first-order valence-electron chi connectivity index (χ1n) is 7.45. The van der Waals surface area contributed by atoms with Gasteiger partial charge >= 0.3 is 6.03 Å². The van der Waals surface area contributed by atoms with E-state index in [0.717, 1.165) is 31.7 Å². The lowest BCUT2D eigenvalue weighted by molar-refractivity contribution is 0.182. The first kappa shape index (κ1) is 13.8. The van der Waals surface area contributed by atoms with Crippen LogP contribution in [0.1, 0.15) is 30.4 Å². The molecule has 2 amide bonds. The molecule has 1 saturated heterocycles. The molecule has 0 saturated carbocycles. The molecule has 108 valence electrons. The van der Waals surface area contributed by atoms with Crippen LogP contribution in [0.4, 0.5) is 4.79 Å².